The van der Waals surface area contributed by atoms with E-state index in [-0.39, 0.29) is 29.6 Å². The molecular formula is C28H27FN4O3S. The molecule has 1 aliphatic heterocycles. The molecule has 0 aliphatic carbocycles. The van der Waals surface area contributed by atoms with Crippen LogP contribution in [0.1, 0.15) is 22.4 Å². The van der Waals surface area contributed by atoms with Gasteiger partial charge in [-0.05, 0) is 42.3 Å². The number of sulfonamides is 1. The first kappa shape index (κ1) is 24.9. The molecule has 0 radical (unpaired) electrons. The molecule has 5 rings (SSSR count). The van der Waals surface area contributed by atoms with E-state index in [4.69, 9.17) is 9.72 Å². The van der Waals surface area contributed by atoms with Crippen LogP contribution in [0.25, 0.3) is 0 Å². The minimum absolute atomic E-state index is 0.0545. The van der Waals surface area contributed by atoms with Crippen molar-refractivity contribution in [3.8, 4) is 11.6 Å². The minimum atomic E-state index is -3.74. The molecule has 0 spiro atoms. The van der Waals surface area contributed by atoms with Gasteiger partial charge in [0.15, 0.2) is 0 Å². The van der Waals surface area contributed by atoms with E-state index >= 15 is 0 Å². The van der Waals surface area contributed by atoms with Gasteiger partial charge in [0, 0.05) is 39.2 Å². The van der Waals surface area contributed by atoms with Crippen molar-refractivity contribution in [3.05, 3.63) is 107 Å². The third-order valence-corrected chi connectivity index (χ3v) is 8.06. The SMILES string of the molecule is Cc1cccc(S(=O)(=O)N2CCc3nc(N(C)Cc4ccccc4)nc(Oc4cccc(F)c4)c3C2)c1. The van der Waals surface area contributed by atoms with Crippen molar-refractivity contribution in [3.63, 3.8) is 0 Å². The van der Waals surface area contributed by atoms with Crippen LogP contribution >= 0.6 is 0 Å². The predicted octanol–water partition coefficient (Wildman–Crippen LogP) is 5.10. The van der Waals surface area contributed by atoms with Gasteiger partial charge < -0.3 is 9.64 Å². The Morgan fingerprint density at radius 1 is 1.00 bits per heavy atom. The van der Waals surface area contributed by atoms with E-state index in [2.05, 4.69) is 4.98 Å². The molecule has 3 aromatic carbocycles. The Balaban J connectivity index is 1.51. The monoisotopic (exact) mass is 518 g/mol. The molecule has 0 saturated heterocycles. The summed E-state index contributed by atoms with van der Waals surface area (Å²) in [4.78, 5) is 11.6. The molecular weight excluding hydrogens is 491 g/mol. The van der Waals surface area contributed by atoms with Gasteiger partial charge >= 0.3 is 0 Å². The van der Waals surface area contributed by atoms with Gasteiger partial charge in [-0.25, -0.2) is 17.8 Å². The minimum Gasteiger partial charge on any atom is -0.438 e. The maximum Gasteiger partial charge on any atom is 0.243 e. The van der Waals surface area contributed by atoms with Crippen LogP contribution in [0, 0.1) is 12.7 Å². The molecule has 37 heavy (non-hydrogen) atoms. The maximum absolute atomic E-state index is 13.9. The van der Waals surface area contributed by atoms with E-state index in [0.29, 0.717) is 30.2 Å². The zero-order chi connectivity index (χ0) is 26.0. The summed E-state index contributed by atoms with van der Waals surface area (Å²) in [5, 5.41) is 0. The molecule has 1 aromatic heterocycles. The van der Waals surface area contributed by atoms with Gasteiger partial charge in [0.1, 0.15) is 11.6 Å². The lowest BCUT2D eigenvalue weighted by molar-refractivity contribution is 0.369. The molecule has 0 unspecified atom stereocenters. The summed E-state index contributed by atoms with van der Waals surface area (Å²) in [6.45, 7) is 2.77. The molecule has 0 bridgehead atoms. The number of aryl methyl sites for hydroxylation is 1. The highest BCUT2D eigenvalue weighted by molar-refractivity contribution is 7.89. The summed E-state index contributed by atoms with van der Waals surface area (Å²) in [7, 11) is -1.85. The Kier molecular flexibility index (Phi) is 6.90. The summed E-state index contributed by atoms with van der Waals surface area (Å²) < 4.78 is 48.2. The Hall–Kier alpha value is -3.82. The van der Waals surface area contributed by atoms with E-state index in [0.717, 1.165) is 11.1 Å². The van der Waals surface area contributed by atoms with Gasteiger partial charge in [0.2, 0.25) is 21.9 Å². The first-order valence-corrected chi connectivity index (χ1v) is 13.4. The predicted molar refractivity (Wildman–Crippen MR) is 140 cm³/mol. The lowest BCUT2D eigenvalue weighted by atomic mass is 10.1. The quantitative estimate of drug-likeness (QED) is 0.339. The lowest BCUT2D eigenvalue weighted by Crippen LogP contribution is -2.37. The fourth-order valence-electron chi connectivity index (χ4n) is 4.30. The normalized spacial score (nSPS) is 13.7. The van der Waals surface area contributed by atoms with Crippen molar-refractivity contribution in [2.45, 2.75) is 31.3 Å². The number of benzene rings is 3. The van der Waals surface area contributed by atoms with Gasteiger partial charge in [-0.3, -0.25) is 0 Å². The number of fused-ring (bicyclic) bond motifs is 1. The van der Waals surface area contributed by atoms with E-state index in [1.54, 1.807) is 30.3 Å². The molecule has 0 amide bonds. The summed E-state index contributed by atoms with van der Waals surface area (Å²) in [6.07, 6.45) is 0.397. The summed E-state index contributed by atoms with van der Waals surface area (Å²) in [5.41, 5.74) is 3.24. The maximum atomic E-state index is 13.9. The number of anilines is 1. The van der Waals surface area contributed by atoms with Crippen molar-refractivity contribution in [2.75, 3.05) is 18.5 Å². The molecule has 2 heterocycles. The Morgan fingerprint density at radius 3 is 2.54 bits per heavy atom. The van der Waals surface area contributed by atoms with Gasteiger partial charge in [-0.1, -0.05) is 48.5 Å². The standard InChI is InChI=1S/C28H27FN4O3S/c1-20-8-6-13-24(16-20)37(34,35)33-15-14-26-25(19-33)27(36-23-12-7-11-22(29)17-23)31-28(30-26)32(2)18-21-9-4-3-5-10-21/h3-13,16-17H,14-15,18-19H2,1-2H3. The zero-order valence-electron chi connectivity index (χ0n) is 20.6. The van der Waals surface area contributed by atoms with Crippen LogP contribution in [0.2, 0.25) is 0 Å². The molecule has 0 N–H and O–H groups in total. The van der Waals surface area contributed by atoms with Gasteiger partial charge in [0.25, 0.3) is 0 Å². The third kappa shape index (κ3) is 5.47. The first-order chi connectivity index (χ1) is 17.8. The number of hydrogen-bond acceptors (Lipinski definition) is 6. The van der Waals surface area contributed by atoms with Crippen LogP contribution in [0.15, 0.2) is 83.8 Å². The molecule has 4 aromatic rings. The van der Waals surface area contributed by atoms with Crippen LogP contribution in [-0.4, -0.2) is 36.3 Å². The fraction of sp³-hybridized carbons (Fsp3) is 0.214. The van der Waals surface area contributed by atoms with Crippen LogP contribution in [0.3, 0.4) is 0 Å². The van der Waals surface area contributed by atoms with E-state index < -0.39 is 15.8 Å². The topological polar surface area (TPSA) is 75.6 Å². The zero-order valence-corrected chi connectivity index (χ0v) is 21.5. The summed E-state index contributed by atoms with van der Waals surface area (Å²) in [6, 6.07) is 22.6. The van der Waals surface area contributed by atoms with Crippen LogP contribution in [-0.2, 0) is 29.5 Å². The van der Waals surface area contributed by atoms with E-state index in [1.807, 2.05) is 55.3 Å². The number of halogens is 1. The number of nitrogens with zero attached hydrogens (tertiary/aromatic N) is 4. The van der Waals surface area contributed by atoms with Crippen LogP contribution in [0.4, 0.5) is 10.3 Å². The highest BCUT2D eigenvalue weighted by atomic mass is 32.2. The van der Waals surface area contributed by atoms with Gasteiger partial charge in [-0.2, -0.15) is 9.29 Å². The molecule has 0 saturated carbocycles. The average Bonchev–Trinajstić information content (AvgIpc) is 2.89. The second-order valence-corrected chi connectivity index (χ2v) is 11.0. The smallest absolute Gasteiger partial charge is 0.243 e. The molecule has 7 nitrogen and oxygen atoms in total. The number of aromatic nitrogens is 2. The largest absolute Gasteiger partial charge is 0.438 e. The fourth-order valence-corrected chi connectivity index (χ4v) is 5.82. The molecule has 1 aliphatic rings. The van der Waals surface area contributed by atoms with E-state index in [1.165, 1.54) is 16.4 Å². The highest BCUT2D eigenvalue weighted by Gasteiger charge is 2.32. The van der Waals surface area contributed by atoms with Crippen molar-refractivity contribution in [2.24, 2.45) is 0 Å². The van der Waals surface area contributed by atoms with Crippen molar-refractivity contribution < 1.29 is 17.5 Å². The summed E-state index contributed by atoms with van der Waals surface area (Å²) in [5.74, 6) is 0.500. The molecule has 9 heteroatoms. The number of ether oxygens (including phenoxy) is 1. The van der Waals surface area contributed by atoms with Crippen LogP contribution in [0.5, 0.6) is 11.6 Å². The lowest BCUT2D eigenvalue weighted by Gasteiger charge is -2.29. The van der Waals surface area contributed by atoms with E-state index in [9.17, 15) is 12.8 Å². The Bertz CT molecular complexity index is 1530. The number of hydrogen-bond donors (Lipinski definition) is 0. The van der Waals surface area contributed by atoms with Crippen molar-refractivity contribution in [1.29, 1.82) is 0 Å². The van der Waals surface area contributed by atoms with Crippen molar-refractivity contribution >= 4 is 16.0 Å². The third-order valence-electron chi connectivity index (χ3n) is 6.22. The average molecular weight is 519 g/mol. The second kappa shape index (κ2) is 10.3. The Morgan fingerprint density at radius 2 is 1.78 bits per heavy atom. The molecule has 190 valence electrons. The van der Waals surface area contributed by atoms with Gasteiger partial charge in [0.05, 0.1) is 16.2 Å². The number of rotatable bonds is 7. The second-order valence-electron chi connectivity index (χ2n) is 9.06. The molecule has 0 atom stereocenters. The van der Waals surface area contributed by atoms with Gasteiger partial charge in [-0.15, -0.1) is 0 Å². The van der Waals surface area contributed by atoms with Crippen LogP contribution < -0.4 is 9.64 Å². The van der Waals surface area contributed by atoms with Crippen molar-refractivity contribution in [1.82, 2.24) is 14.3 Å². The highest BCUT2D eigenvalue weighted by Crippen LogP contribution is 2.33. The first-order valence-electron chi connectivity index (χ1n) is 11.9. The molecule has 0 fully saturated rings. The Labute approximate surface area is 216 Å². The summed E-state index contributed by atoms with van der Waals surface area (Å²) >= 11 is 0.